The number of rotatable bonds is 8. The third kappa shape index (κ3) is 5.44. The van der Waals surface area contributed by atoms with E-state index < -0.39 is 0 Å². The van der Waals surface area contributed by atoms with Crippen molar-refractivity contribution in [2.24, 2.45) is 5.10 Å². The number of hydrogen-bond acceptors (Lipinski definition) is 3. The Bertz CT molecular complexity index is 932. The zero-order valence-electron chi connectivity index (χ0n) is 15.2. The van der Waals surface area contributed by atoms with Crippen LogP contribution in [0.25, 0.3) is 10.9 Å². The quantitative estimate of drug-likeness (QED) is 0.400. The topological polar surface area (TPSA) is 66.5 Å². The van der Waals surface area contributed by atoms with Crippen molar-refractivity contribution in [2.45, 2.75) is 26.2 Å². The Balaban J connectivity index is 1.49. The molecule has 0 aliphatic rings. The van der Waals surface area contributed by atoms with Crippen molar-refractivity contribution in [3.05, 3.63) is 64.3 Å². The SMILES string of the molecule is CCCCc1ccc(OCC(=O)NN=Cc2c[nH]c3ccc(Br)cc23)cc1. The second-order valence-electron chi connectivity index (χ2n) is 6.26. The predicted molar refractivity (Wildman–Crippen MR) is 112 cm³/mol. The number of nitrogens with zero attached hydrogens (tertiary/aromatic N) is 1. The van der Waals surface area contributed by atoms with Gasteiger partial charge < -0.3 is 9.72 Å². The zero-order valence-corrected chi connectivity index (χ0v) is 16.8. The number of H-pyrrole nitrogens is 1. The number of aromatic amines is 1. The van der Waals surface area contributed by atoms with Gasteiger partial charge in [-0.1, -0.05) is 41.4 Å². The van der Waals surface area contributed by atoms with Crippen molar-refractivity contribution >= 4 is 39.0 Å². The van der Waals surface area contributed by atoms with E-state index in [1.54, 1.807) is 6.21 Å². The molecule has 5 nitrogen and oxygen atoms in total. The fraction of sp³-hybridized carbons (Fsp3) is 0.238. The fourth-order valence-corrected chi connectivity index (χ4v) is 3.07. The van der Waals surface area contributed by atoms with Crippen molar-refractivity contribution in [3.63, 3.8) is 0 Å². The summed E-state index contributed by atoms with van der Waals surface area (Å²) in [7, 11) is 0. The number of hydrazone groups is 1. The maximum absolute atomic E-state index is 11.9. The van der Waals surface area contributed by atoms with Crippen LogP contribution in [0.5, 0.6) is 5.75 Å². The van der Waals surface area contributed by atoms with E-state index in [0.717, 1.165) is 27.4 Å². The lowest BCUT2D eigenvalue weighted by molar-refractivity contribution is -0.123. The number of benzene rings is 2. The van der Waals surface area contributed by atoms with Crippen LogP contribution in [-0.4, -0.2) is 23.7 Å². The summed E-state index contributed by atoms with van der Waals surface area (Å²) in [6.45, 7) is 2.10. The zero-order chi connectivity index (χ0) is 19.1. The van der Waals surface area contributed by atoms with Crippen LogP contribution in [0.2, 0.25) is 0 Å². The molecule has 0 fully saturated rings. The highest BCUT2D eigenvalue weighted by atomic mass is 79.9. The minimum atomic E-state index is -0.303. The number of halogens is 1. The summed E-state index contributed by atoms with van der Waals surface area (Å²) in [4.78, 5) is 15.1. The predicted octanol–water partition coefficient (Wildman–Crippen LogP) is 4.80. The molecule has 1 aromatic heterocycles. The van der Waals surface area contributed by atoms with Crippen LogP contribution in [-0.2, 0) is 11.2 Å². The molecule has 0 atom stereocenters. The molecular weight excluding hydrogens is 406 g/mol. The van der Waals surface area contributed by atoms with Gasteiger partial charge in [-0.3, -0.25) is 4.79 Å². The van der Waals surface area contributed by atoms with Gasteiger partial charge in [-0.25, -0.2) is 5.43 Å². The van der Waals surface area contributed by atoms with Gasteiger partial charge >= 0.3 is 0 Å². The number of carbonyl (C=O) groups is 1. The normalized spacial score (nSPS) is 11.2. The van der Waals surface area contributed by atoms with Crippen LogP contribution in [0, 0.1) is 0 Å². The molecule has 0 aliphatic carbocycles. The average Bonchev–Trinajstić information content (AvgIpc) is 3.07. The summed E-state index contributed by atoms with van der Waals surface area (Å²) in [6.07, 6.45) is 6.88. The van der Waals surface area contributed by atoms with Crippen molar-refractivity contribution < 1.29 is 9.53 Å². The van der Waals surface area contributed by atoms with Crippen molar-refractivity contribution in [1.82, 2.24) is 10.4 Å². The summed E-state index contributed by atoms with van der Waals surface area (Å²) >= 11 is 3.46. The van der Waals surface area contributed by atoms with Crippen LogP contribution in [0.15, 0.2) is 58.2 Å². The molecule has 1 amide bonds. The molecule has 3 rings (SSSR count). The first-order valence-electron chi connectivity index (χ1n) is 8.96. The second-order valence-corrected chi connectivity index (χ2v) is 7.18. The van der Waals surface area contributed by atoms with E-state index in [0.29, 0.717) is 5.75 Å². The molecular formula is C21H22BrN3O2. The highest BCUT2D eigenvalue weighted by molar-refractivity contribution is 9.10. The Labute approximate surface area is 166 Å². The van der Waals surface area contributed by atoms with Crippen molar-refractivity contribution in [1.29, 1.82) is 0 Å². The number of nitrogens with one attached hydrogen (secondary N) is 2. The van der Waals surface area contributed by atoms with E-state index in [2.05, 4.69) is 38.4 Å². The number of hydrogen-bond donors (Lipinski definition) is 2. The lowest BCUT2D eigenvalue weighted by Gasteiger charge is -2.06. The van der Waals surface area contributed by atoms with Gasteiger partial charge in [-0.05, 0) is 48.7 Å². The lowest BCUT2D eigenvalue weighted by atomic mass is 10.1. The molecule has 140 valence electrons. The maximum atomic E-state index is 11.9. The van der Waals surface area contributed by atoms with Gasteiger partial charge in [0.25, 0.3) is 5.91 Å². The van der Waals surface area contributed by atoms with Crippen molar-refractivity contribution in [3.8, 4) is 5.75 Å². The standard InChI is InChI=1S/C21H22BrN3O2/c1-2-3-4-15-5-8-18(9-6-15)27-14-21(26)25-24-13-16-12-23-20-10-7-17(22)11-19(16)20/h5-13,23H,2-4,14H2,1H3,(H,25,26). The van der Waals surface area contributed by atoms with E-state index >= 15 is 0 Å². The molecule has 0 saturated heterocycles. The molecule has 0 aliphatic heterocycles. The third-order valence-corrected chi connectivity index (χ3v) is 4.67. The van der Waals surface area contributed by atoms with E-state index in [4.69, 9.17) is 4.74 Å². The first-order chi connectivity index (χ1) is 13.2. The van der Waals surface area contributed by atoms with Crippen LogP contribution in [0.4, 0.5) is 0 Å². The Morgan fingerprint density at radius 1 is 1.26 bits per heavy atom. The van der Waals surface area contributed by atoms with Crippen molar-refractivity contribution in [2.75, 3.05) is 6.61 Å². The number of aryl methyl sites for hydroxylation is 1. The lowest BCUT2D eigenvalue weighted by Crippen LogP contribution is -2.24. The Morgan fingerprint density at radius 2 is 2.07 bits per heavy atom. The molecule has 0 saturated carbocycles. The van der Waals surface area contributed by atoms with E-state index in [9.17, 15) is 4.79 Å². The van der Waals surface area contributed by atoms with Crippen LogP contribution < -0.4 is 10.2 Å². The largest absolute Gasteiger partial charge is 0.484 e. The van der Waals surface area contributed by atoms with Gasteiger partial charge in [0.2, 0.25) is 0 Å². The minimum absolute atomic E-state index is 0.0783. The number of aromatic nitrogens is 1. The van der Waals surface area contributed by atoms with E-state index in [1.807, 2.05) is 48.7 Å². The van der Waals surface area contributed by atoms with Crippen LogP contribution in [0.1, 0.15) is 30.9 Å². The minimum Gasteiger partial charge on any atom is -0.484 e. The first kappa shape index (κ1) is 19.2. The summed E-state index contributed by atoms with van der Waals surface area (Å²) < 4.78 is 6.49. The number of ether oxygens (including phenoxy) is 1. The molecule has 2 aromatic carbocycles. The molecule has 0 radical (unpaired) electrons. The van der Waals surface area contributed by atoms with Gasteiger partial charge in [0.15, 0.2) is 6.61 Å². The van der Waals surface area contributed by atoms with Gasteiger partial charge in [-0.2, -0.15) is 5.10 Å². The maximum Gasteiger partial charge on any atom is 0.277 e. The Kier molecular flexibility index (Phi) is 6.65. The Hall–Kier alpha value is -2.60. The molecule has 0 unspecified atom stereocenters. The number of unbranched alkanes of at least 4 members (excludes halogenated alkanes) is 1. The van der Waals surface area contributed by atoms with E-state index in [-0.39, 0.29) is 12.5 Å². The number of carbonyl (C=O) groups excluding carboxylic acids is 1. The monoisotopic (exact) mass is 427 g/mol. The molecule has 3 aromatic rings. The Morgan fingerprint density at radius 3 is 2.85 bits per heavy atom. The molecule has 6 heteroatoms. The highest BCUT2D eigenvalue weighted by Gasteiger charge is 2.04. The summed E-state index contributed by atoms with van der Waals surface area (Å²) in [5.74, 6) is 0.373. The number of fused-ring (bicyclic) bond motifs is 1. The fourth-order valence-electron chi connectivity index (χ4n) is 2.71. The van der Waals surface area contributed by atoms with Gasteiger partial charge in [-0.15, -0.1) is 0 Å². The van der Waals surface area contributed by atoms with Crippen LogP contribution in [0.3, 0.4) is 0 Å². The molecule has 0 spiro atoms. The van der Waals surface area contributed by atoms with Gasteiger partial charge in [0.1, 0.15) is 5.75 Å². The second kappa shape index (κ2) is 9.37. The molecule has 1 heterocycles. The molecule has 27 heavy (non-hydrogen) atoms. The smallest absolute Gasteiger partial charge is 0.277 e. The van der Waals surface area contributed by atoms with Gasteiger partial charge in [0.05, 0.1) is 6.21 Å². The molecule has 2 N–H and O–H groups in total. The van der Waals surface area contributed by atoms with Gasteiger partial charge in [0, 0.05) is 27.1 Å². The average molecular weight is 428 g/mol. The first-order valence-corrected chi connectivity index (χ1v) is 9.75. The number of amides is 1. The highest BCUT2D eigenvalue weighted by Crippen LogP contribution is 2.21. The van der Waals surface area contributed by atoms with Crippen LogP contribution >= 0.6 is 15.9 Å². The summed E-state index contributed by atoms with van der Waals surface area (Å²) in [5, 5.41) is 5.04. The summed E-state index contributed by atoms with van der Waals surface area (Å²) in [6, 6.07) is 13.8. The third-order valence-electron chi connectivity index (χ3n) is 4.18. The molecule has 0 bridgehead atoms. The van der Waals surface area contributed by atoms with E-state index in [1.165, 1.54) is 18.4 Å². The summed E-state index contributed by atoms with van der Waals surface area (Å²) in [5.41, 5.74) is 5.68.